The number of phenolic OH excluding ortho intramolecular Hbond substituents is 1. The molecule has 0 unspecified atom stereocenters. The van der Waals surface area contributed by atoms with E-state index in [4.69, 9.17) is 22.5 Å². The number of nitrogens with two attached hydrogens (primary N) is 1. The predicted octanol–water partition coefficient (Wildman–Crippen LogP) is 2.39. The van der Waals surface area contributed by atoms with Gasteiger partial charge in [-0.2, -0.15) is 0 Å². The monoisotopic (exact) mass is 305 g/mol. The van der Waals surface area contributed by atoms with Gasteiger partial charge in [0.1, 0.15) is 5.75 Å². The van der Waals surface area contributed by atoms with Crippen LogP contribution in [-0.4, -0.2) is 22.1 Å². The topological polar surface area (TPSA) is 108 Å². The summed E-state index contributed by atoms with van der Waals surface area (Å²) in [5.41, 5.74) is 6.63. The number of rotatable bonds is 3. The van der Waals surface area contributed by atoms with Crippen molar-refractivity contribution in [2.24, 2.45) is 10.9 Å². The Morgan fingerprint density at radius 3 is 2.48 bits per heavy atom. The Labute approximate surface area is 125 Å². The fraction of sp³-hybridized carbons (Fsp3) is 0. The molecule has 0 radical (unpaired) electrons. The van der Waals surface area contributed by atoms with Crippen LogP contribution in [0.5, 0.6) is 5.75 Å². The summed E-state index contributed by atoms with van der Waals surface area (Å²) in [7, 11) is 0. The number of carbonyl (C=O) groups excluding carboxylic acids is 1. The largest absolute Gasteiger partial charge is 0.508 e. The molecule has 0 bridgehead atoms. The predicted molar refractivity (Wildman–Crippen MR) is 80.0 cm³/mol. The number of phenols is 1. The molecule has 0 aliphatic carbocycles. The second-order valence-electron chi connectivity index (χ2n) is 4.18. The van der Waals surface area contributed by atoms with Gasteiger partial charge in [-0.15, -0.1) is 0 Å². The molecule has 2 aromatic rings. The normalized spacial score (nSPS) is 11.2. The van der Waals surface area contributed by atoms with Crippen molar-refractivity contribution in [2.45, 2.75) is 0 Å². The van der Waals surface area contributed by atoms with E-state index in [1.165, 1.54) is 18.2 Å². The number of aromatic hydroxyl groups is 1. The lowest BCUT2D eigenvalue weighted by Gasteiger charge is -2.08. The highest BCUT2D eigenvalue weighted by Gasteiger charge is 2.11. The lowest BCUT2D eigenvalue weighted by Crippen LogP contribution is -2.14. The van der Waals surface area contributed by atoms with Crippen LogP contribution in [0.15, 0.2) is 47.6 Å². The fourth-order valence-electron chi connectivity index (χ4n) is 1.67. The molecule has 5 N–H and O–H groups in total. The van der Waals surface area contributed by atoms with Crippen LogP contribution in [-0.2, 0) is 0 Å². The van der Waals surface area contributed by atoms with E-state index in [1.807, 2.05) is 0 Å². The molecule has 0 fully saturated rings. The molecule has 7 heteroatoms. The van der Waals surface area contributed by atoms with Gasteiger partial charge in [-0.3, -0.25) is 4.79 Å². The second-order valence-corrected chi connectivity index (χ2v) is 4.59. The number of hydrogen-bond donors (Lipinski definition) is 4. The van der Waals surface area contributed by atoms with Gasteiger partial charge in [0.05, 0.1) is 10.6 Å². The Hall–Kier alpha value is -2.73. The number of oxime groups is 1. The first kappa shape index (κ1) is 14.7. The van der Waals surface area contributed by atoms with E-state index in [2.05, 4.69) is 10.5 Å². The van der Waals surface area contributed by atoms with E-state index in [0.29, 0.717) is 11.3 Å². The molecule has 1 amide bonds. The molecule has 0 aliphatic heterocycles. The summed E-state index contributed by atoms with van der Waals surface area (Å²) in [5, 5.41) is 23.7. The Balaban J connectivity index is 2.18. The fourth-order valence-corrected chi connectivity index (χ4v) is 1.87. The number of amides is 1. The highest BCUT2D eigenvalue weighted by molar-refractivity contribution is 6.34. The Kier molecular flexibility index (Phi) is 4.30. The molecule has 2 aromatic carbocycles. The average Bonchev–Trinajstić information content (AvgIpc) is 2.49. The molecule has 108 valence electrons. The summed E-state index contributed by atoms with van der Waals surface area (Å²) in [6, 6.07) is 10.5. The van der Waals surface area contributed by atoms with E-state index in [0.717, 1.165) is 0 Å². The van der Waals surface area contributed by atoms with Gasteiger partial charge in [-0.25, -0.2) is 0 Å². The Bertz CT molecular complexity index is 699. The van der Waals surface area contributed by atoms with E-state index < -0.39 is 5.91 Å². The summed E-state index contributed by atoms with van der Waals surface area (Å²) in [6.07, 6.45) is 0. The van der Waals surface area contributed by atoms with Crippen molar-refractivity contribution in [3.8, 4) is 5.75 Å². The molecule has 0 aromatic heterocycles. The molecular formula is C14H12ClN3O3. The highest BCUT2D eigenvalue weighted by atomic mass is 35.5. The van der Waals surface area contributed by atoms with Gasteiger partial charge in [0.25, 0.3) is 5.91 Å². The quantitative estimate of drug-likeness (QED) is 0.302. The number of halogens is 1. The molecule has 2 rings (SSSR count). The van der Waals surface area contributed by atoms with Crippen LogP contribution < -0.4 is 11.1 Å². The zero-order valence-corrected chi connectivity index (χ0v) is 11.5. The van der Waals surface area contributed by atoms with Crippen molar-refractivity contribution in [2.75, 3.05) is 5.32 Å². The smallest absolute Gasteiger partial charge is 0.257 e. The number of carbonyl (C=O) groups is 1. The van der Waals surface area contributed by atoms with Crippen LogP contribution in [0, 0.1) is 0 Å². The highest BCUT2D eigenvalue weighted by Crippen LogP contribution is 2.22. The number of nitrogens with one attached hydrogen (secondary N) is 1. The number of anilines is 1. The van der Waals surface area contributed by atoms with Crippen molar-refractivity contribution in [3.05, 3.63) is 58.6 Å². The van der Waals surface area contributed by atoms with E-state index in [-0.39, 0.29) is 22.2 Å². The summed E-state index contributed by atoms with van der Waals surface area (Å²) in [6.45, 7) is 0. The lowest BCUT2D eigenvalue weighted by molar-refractivity contribution is 0.102. The van der Waals surface area contributed by atoms with Gasteiger partial charge in [0.15, 0.2) is 5.84 Å². The number of benzene rings is 2. The average molecular weight is 306 g/mol. The van der Waals surface area contributed by atoms with Crippen LogP contribution in [0.4, 0.5) is 5.69 Å². The van der Waals surface area contributed by atoms with Gasteiger partial charge in [-0.1, -0.05) is 16.8 Å². The van der Waals surface area contributed by atoms with Crippen molar-refractivity contribution in [1.29, 1.82) is 0 Å². The number of hydrogen-bond acceptors (Lipinski definition) is 4. The minimum atomic E-state index is -0.451. The van der Waals surface area contributed by atoms with Crippen molar-refractivity contribution < 1.29 is 15.1 Å². The van der Waals surface area contributed by atoms with Gasteiger partial charge in [0, 0.05) is 11.3 Å². The Morgan fingerprint density at radius 2 is 1.86 bits per heavy atom. The van der Waals surface area contributed by atoms with Gasteiger partial charge in [0.2, 0.25) is 0 Å². The molecule has 0 saturated carbocycles. The van der Waals surface area contributed by atoms with Crippen molar-refractivity contribution >= 4 is 29.0 Å². The maximum atomic E-state index is 12.1. The standard InChI is InChI=1S/C14H12ClN3O3/c15-12-6-5-10(19)7-11(12)14(20)17-9-3-1-8(2-4-9)13(16)18-21/h1-7,19,21H,(H2,16,18)(H,17,20). The zero-order chi connectivity index (χ0) is 15.4. The summed E-state index contributed by atoms with van der Waals surface area (Å²) in [4.78, 5) is 12.1. The first-order valence-electron chi connectivity index (χ1n) is 5.89. The maximum absolute atomic E-state index is 12.1. The molecule has 0 saturated heterocycles. The molecule has 6 nitrogen and oxygen atoms in total. The van der Waals surface area contributed by atoms with Crippen LogP contribution >= 0.6 is 11.6 Å². The molecule has 0 atom stereocenters. The third kappa shape index (κ3) is 3.43. The van der Waals surface area contributed by atoms with Gasteiger partial charge < -0.3 is 21.4 Å². The van der Waals surface area contributed by atoms with E-state index in [1.54, 1.807) is 24.3 Å². The second kappa shape index (κ2) is 6.15. The molecule has 0 spiro atoms. The third-order valence-electron chi connectivity index (χ3n) is 2.74. The van der Waals surface area contributed by atoms with E-state index in [9.17, 15) is 9.90 Å². The van der Waals surface area contributed by atoms with Crippen LogP contribution in [0.25, 0.3) is 0 Å². The molecular weight excluding hydrogens is 294 g/mol. The van der Waals surface area contributed by atoms with Gasteiger partial charge >= 0.3 is 0 Å². The minimum absolute atomic E-state index is 0.0242. The molecule has 21 heavy (non-hydrogen) atoms. The third-order valence-corrected chi connectivity index (χ3v) is 3.07. The Morgan fingerprint density at radius 1 is 1.19 bits per heavy atom. The first-order chi connectivity index (χ1) is 10.0. The van der Waals surface area contributed by atoms with E-state index >= 15 is 0 Å². The van der Waals surface area contributed by atoms with Gasteiger partial charge in [-0.05, 0) is 42.5 Å². The summed E-state index contributed by atoms with van der Waals surface area (Å²) < 4.78 is 0. The number of nitrogens with zero attached hydrogens (tertiary/aromatic N) is 1. The van der Waals surface area contributed by atoms with Crippen LogP contribution in [0.3, 0.4) is 0 Å². The first-order valence-corrected chi connectivity index (χ1v) is 6.27. The lowest BCUT2D eigenvalue weighted by atomic mass is 10.1. The minimum Gasteiger partial charge on any atom is -0.508 e. The van der Waals surface area contributed by atoms with Crippen LogP contribution in [0.1, 0.15) is 15.9 Å². The van der Waals surface area contributed by atoms with Crippen LogP contribution in [0.2, 0.25) is 5.02 Å². The number of amidine groups is 1. The van der Waals surface area contributed by atoms with Crippen molar-refractivity contribution in [3.63, 3.8) is 0 Å². The van der Waals surface area contributed by atoms with Crippen molar-refractivity contribution in [1.82, 2.24) is 0 Å². The summed E-state index contributed by atoms with van der Waals surface area (Å²) in [5.74, 6) is -0.525. The maximum Gasteiger partial charge on any atom is 0.257 e. The summed E-state index contributed by atoms with van der Waals surface area (Å²) >= 11 is 5.91. The zero-order valence-electron chi connectivity index (χ0n) is 10.7. The molecule has 0 heterocycles. The molecule has 0 aliphatic rings. The SMILES string of the molecule is N/C(=N/O)c1ccc(NC(=O)c2cc(O)ccc2Cl)cc1.